The highest BCUT2D eigenvalue weighted by atomic mass is 16.2. The number of hydrogen-bond donors (Lipinski definition) is 2. The SMILES string of the molecule is Cc1nn(C)c(NNC(=O)c2cccnc2)c1C#N. The Morgan fingerprint density at radius 3 is 2.95 bits per heavy atom. The Kier molecular flexibility index (Phi) is 3.43. The van der Waals surface area contributed by atoms with Gasteiger partial charge in [-0.05, 0) is 19.1 Å². The Labute approximate surface area is 109 Å². The van der Waals surface area contributed by atoms with E-state index in [2.05, 4.69) is 20.9 Å². The number of nitrogens with one attached hydrogen (secondary N) is 2. The number of anilines is 1. The van der Waals surface area contributed by atoms with Crippen LogP contribution in [0.15, 0.2) is 24.5 Å². The highest BCUT2D eigenvalue weighted by Gasteiger charge is 2.13. The number of nitrogens with zero attached hydrogens (tertiary/aromatic N) is 4. The number of aromatic nitrogens is 3. The van der Waals surface area contributed by atoms with Gasteiger partial charge in [0.05, 0.1) is 11.3 Å². The van der Waals surface area contributed by atoms with Crippen molar-refractivity contribution in [2.45, 2.75) is 6.92 Å². The predicted octanol–water partition coefficient (Wildman–Crippen LogP) is 0.752. The molecule has 19 heavy (non-hydrogen) atoms. The van der Waals surface area contributed by atoms with Crippen molar-refractivity contribution in [3.8, 4) is 6.07 Å². The second kappa shape index (κ2) is 5.18. The maximum Gasteiger partial charge on any atom is 0.271 e. The van der Waals surface area contributed by atoms with E-state index in [1.54, 1.807) is 32.3 Å². The molecule has 2 rings (SSSR count). The lowest BCUT2D eigenvalue weighted by Gasteiger charge is -2.08. The molecule has 0 radical (unpaired) electrons. The Bertz CT molecular complexity index is 640. The zero-order chi connectivity index (χ0) is 13.8. The van der Waals surface area contributed by atoms with Crippen molar-refractivity contribution in [1.29, 1.82) is 5.26 Å². The fourth-order valence-electron chi connectivity index (χ4n) is 1.62. The van der Waals surface area contributed by atoms with Crippen molar-refractivity contribution in [3.05, 3.63) is 41.3 Å². The first-order chi connectivity index (χ1) is 9.13. The van der Waals surface area contributed by atoms with Crippen LogP contribution >= 0.6 is 0 Å². The first-order valence-electron chi connectivity index (χ1n) is 5.53. The topological polar surface area (TPSA) is 95.6 Å². The molecule has 0 fully saturated rings. The second-order valence-corrected chi connectivity index (χ2v) is 3.87. The van der Waals surface area contributed by atoms with Crippen LogP contribution < -0.4 is 10.9 Å². The molecule has 2 aromatic heterocycles. The number of pyridine rings is 1. The average molecular weight is 256 g/mol. The molecule has 0 atom stereocenters. The Morgan fingerprint density at radius 1 is 1.53 bits per heavy atom. The molecule has 0 saturated heterocycles. The van der Waals surface area contributed by atoms with Crippen LogP contribution in [0.4, 0.5) is 5.82 Å². The van der Waals surface area contributed by atoms with Crippen LogP contribution in [0.2, 0.25) is 0 Å². The Balaban J connectivity index is 2.12. The van der Waals surface area contributed by atoms with Crippen molar-refractivity contribution in [2.24, 2.45) is 7.05 Å². The number of carbonyl (C=O) groups excluding carboxylic acids is 1. The number of aryl methyl sites for hydroxylation is 2. The van der Waals surface area contributed by atoms with E-state index in [-0.39, 0.29) is 5.91 Å². The summed E-state index contributed by atoms with van der Waals surface area (Å²) >= 11 is 0. The van der Waals surface area contributed by atoms with E-state index < -0.39 is 0 Å². The van der Waals surface area contributed by atoms with Crippen LogP contribution in [0.5, 0.6) is 0 Å². The molecule has 0 aromatic carbocycles. The van der Waals surface area contributed by atoms with Gasteiger partial charge in [0, 0.05) is 19.4 Å². The summed E-state index contributed by atoms with van der Waals surface area (Å²) in [5.74, 6) is 0.105. The molecule has 0 unspecified atom stereocenters. The fraction of sp³-hybridized carbons (Fsp3) is 0.167. The molecule has 2 aromatic rings. The number of rotatable bonds is 3. The third kappa shape index (κ3) is 2.52. The minimum atomic E-state index is -0.337. The standard InChI is InChI=1S/C12H12N6O/c1-8-10(6-13)11(18(2)17-8)15-16-12(19)9-4-3-5-14-7-9/h3-5,7,15H,1-2H3,(H,16,19). The number of hydrazine groups is 1. The van der Waals surface area contributed by atoms with Gasteiger partial charge in [0.15, 0.2) is 5.82 Å². The van der Waals surface area contributed by atoms with Gasteiger partial charge in [0.25, 0.3) is 5.91 Å². The van der Waals surface area contributed by atoms with Crippen molar-refractivity contribution in [1.82, 2.24) is 20.2 Å². The summed E-state index contributed by atoms with van der Waals surface area (Å²) in [5, 5.41) is 13.1. The minimum absolute atomic E-state index is 0.337. The summed E-state index contributed by atoms with van der Waals surface area (Å²) in [6.45, 7) is 1.73. The van der Waals surface area contributed by atoms with Gasteiger partial charge in [-0.25, -0.2) is 0 Å². The summed E-state index contributed by atoms with van der Waals surface area (Å²) in [7, 11) is 1.69. The van der Waals surface area contributed by atoms with Gasteiger partial charge in [0.2, 0.25) is 0 Å². The fourth-order valence-corrected chi connectivity index (χ4v) is 1.62. The van der Waals surface area contributed by atoms with E-state index in [0.717, 1.165) is 0 Å². The molecule has 7 heteroatoms. The summed E-state index contributed by atoms with van der Waals surface area (Å²) in [5.41, 5.74) is 6.63. The first-order valence-corrected chi connectivity index (χ1v) is 5.53. The molecule has 0 spiro atoms. The highest BCUT2D eigenvalue weighted by molar-refractivity contribution is 5.94. The lowest BCUT2D eigenvalue weighted by Crippen LogP contribution is -2.30. The molecule has 0 bridgehead atoms. The monoisotopic (exact) mass is 256 g/mol. The molecule has 2 N–H and O–H groups in total. The molecule has 0 aliphatic rings. The van der Waals surface area contributed by atoms with Crippen LogP contribution in [0, 0.1) is 18.3 Å². The minimum Gasteiger partial charge on any atom is -0.281 e. The van der Waals surface area contributed by atoms with Crippen LogP contribution in [0.3, 0.4) is 0 Å². The maximum atomic E-state index is 11.8. The van der Waals surface area contributed by atoms with Gasteiger partial charge in [-0.3, -0.25) is 25.3 Å². The van der Waals surface area contributed by atoms with Gasteiger partial charge in [-0.2, -0.15) is 10.4 Å². The molecule has 0 aliphatic heterocycles. The Morgan fingerprint density at radius 2 is 2.32 bits per heavy atom. The van der Waals surface area contributed by atoms with Gasteiger partial charge in [-0.1, -0.05) is 0 Å². The van der Waals surface area contributed by atoms with E-state index in [9.17, 15) is 4.79 Å². The maximum absolute atomic E-state index is 11.8. The summed E-state index contributed by atoms with van der Waals surface area (Å²) < 4.78 is 1.50. The zero-order valence-electron chi connectivity index (χ0n) is 10.5. The van der Waals surface area contributed by atoms with Gasteiger partial charge in [0.1, 0.15) is 11.6 Å². The molecule has 7 nitrogen and oxygen atoms in total. The lowest BCUT2D eigenvalue weighted by atomic mass is 10.2. The third-order valence-corrected chi connectivity index (χ3v) is 2.55. The normalized spacial score (nSPS) is 9.74. The molecular formula is C12H12N6O. The zero-order valence-corrected chi connectivity index (χ0v) is 10.5. The van der Waals surface area contributed by atoms with Crippen LogP contribution in [-0.4, -0.2) is 20.7 Å². The molecule has 0 aliphatic carbocycles. The van der Waals surface area contributed by atoms with E-state index >= 15 is 0 Å². The largest absolute Gasteiger partial charge is 0.281 e. The first kappa shape index (κ1) is 12.6. The number of nitriles is 1. The van der Waals surface area contributed by atoms with E-state index in [1.165, 1.54) is 10.9 Å². The second-order valence-electron chi connectivity index (χ2n) is 3.87. The molecule has 0 saturated carbocycles. The van der Waals surface area contributed by atoms with Crippen molar-refractivity contribution < 1.29 is 4.79 Å². The van der Waals surface area contributed by atoms with Crippen molar-refractivity contribution >= 4 is 11.7 Å². The van der Waals surface area contributed by atoms with Crippen molar-refractivity contribution in [3.63, 3.8) is 0 Å². The molecule has 96 valence electrons. The van der Waals surface area contributed by atoms with Gasteiger partial charge >= 0.3 is 0 Å². The van der Waals surface area contributed by atoms with Crippen LogP contribution in [0.25, 0.3) is 0 Å². The van der Waals surface area contributed by atoms with Gasteiger partial charge in [-0.15, -0.1) is 0 Å². The average Bonchev–Trinajstić information content (AvgIpc) is 2.70. The Hall–Kier alpha value is -2.88. The molecule has 2 heterocycles. The molecular weight excluding hydrogens is 244 g/mol. The summed E-state index contributed by atoms with van der Waals surface area (Å²) in [6, 6.07) is 5.35. The smallest absolute Gasteiger partial charge is 0.271 e. The lowest BCUT2D eigenvalue weighted by molar-refractivity contribution is 0.0962. The van der Waals surface area contributed by atoms with Crippen LogP contribution in [-0.2, 0) is 7.05 Å². The van der Waals surface area contributed by atoms with E-state index in [0.29, 0.717) is 22.6 Å². The van der Waals surface area contributed by atoms with Crippen molar-refractivity contribution in [2.75, 3.05) is 5.43 Å². The number of carbonyl (C=O) groups is 1. The van der Waals surface area contributed by atoms with Gasteiger partial charge < -0.3 is 0 Å². The summed E-state index contributed by atoms with van der Waals surface area (Å²) in [6.07, 6.45) is 3.04. The quantitative estimate of drug-likeness (QED) is 0.790. The highest BCUT2D eigenvalue weighted by Crippen LogP contribution is 2.16. The van der Waals surface area contributed by atoms with Crippen LogP contribution in [0.1, 0.15) is 21.6 Å². The third-order valence-electron chi connectivity index (χ3n) is 2.55. The number of amides is 1. The number of hydrogen-bond acceptors (Lipinski definition) is 5. The molecule has 1 amide bonds. The van der Waals surface area contributed by atoms with E-state index in [1.807, 2.05) is 6.07 Å². The summed E-state index contributed by atoms with van der Waals surface area (Å²) in [4.78, 5) is 15.7. The van der Waals surface area contributed by atoms with E-state index in [4.69, 9.17) is 5.26 Å². The predicted molar refractivity (Wildman–Crippen MR) is 68.0 cm³/mol.